The number of benzene rings is 11. The molecule has 7 heteroatoms. The molecule has 0 radical (unpaired) electrons. The Labute approximate surface area is 434 Å². The molecular formula is C69H41N5O2. The third-order valence-electron chi connectivity index (χ3n) is 15.2. The van der Waals surface area contributed by atoms with Gasteiger partial charge in [0.25, 0.3) is 0 Å². The van der Waals surface area contributed by atoms with E-state index in [-0.39, 0.29) is 0 Å². The van der Waals surface area contributed by atoms with Gasteiger partial charge in [0.05, 0.1) is 22.1 Å². The van der Waals surface area contributed by atoms with Gasteiger partial charge in [0.2, 0.25) is 0 Å². The SMILES string of the molecule is c1ccc(-n2c3ccccc3c3ccc(-c4ccc5oc6cccc(-c7nc(-c8cccc(-c9ccc%10c(c9)oc9ccccc9%10)c8)nc(-c8cccc(-n9c%10ccccc%10c%10ccccc%109)c8)n7)c6c5c4)cc32)cc1. The Morgan fingerprint density at radius 2 is 0.724 bits per heavy atom. The summed E-state index contributed by atoms with van der Waals surface area (Å²) < 4.78 is 17.7. The van der Waals surface area contributed by atoms with Gasteiger partial charge in [-0.1, -0.05) is 158 Å². The van der Waals surface area contributed by atoms with Gasteiger partial charge >= 0.3 is 0 Å². The number of rotatable bonds is 7. The predicted molar refractivity (Wildman–Crippen MR) is 310 cm³/mol. The van der Waals surface area contributed by atoms with E-state index in [9.17, 15) is 0 Å². The summed E-state index contributed by atoms with van der Waals surface area (Å²) in [5, 5.41) is 8.94. The molecule has 0 saturated carbocycles. The average molecular weight is 972 g/mol. The van der Waals surface area contributed by atoms with Gasteiger partial charge < -0.3 is 18.0 Å². The van der Waals surface area contributed by atoms with E-state index in [1.165, 1.54) is 27.1 Å². The second-order valence-corrected chi connectivity index (χ2v) is 19.5. The first-order chi connectivity index (χ1) is 37.6. The van der Waals surface area contributed by atoms with Crippen LogP contribution in [0, 0.1) is 0 Å². The zero-order valence-electron chi connectivity index (χ0n) is 40.7. The minimum absolute atomic E-state index is 0.545. The maximum atomic E-state index is 6.68. The molecule has 354 valence electrons. The molecule has 0 aliphatic carbocycles. The molecule has 0 atom stereocenters. The minimum Gasteiger partial charge on any atom is -0.456 e. The van der Waals surface area contributed by atoms with Gasteiger partial charge in [0, 0.05) is 71.2 Å². The Bertz CT molecular complexity index is 4970. The second kappa shape index (κ2) is 16.6. The molecule has 7 nitrogen and oxygen atoms in total. The summed E-state index contributed by atoms with van der Waals surface area (Å²) in [7, 11) is 0. The van der Waals surface area contributed by atoms with Crippen LogP contribution in [0.4, 0.5) is 0 Å². The van der Waals surface area contributed by atoms with Crippen molar-refractivity contribution in [2.45, 2.75) is 0 Å². The lowest BCUT2D eigenvalue weighted by Crippen LogP contribution is -2.01. The highest BCUT2D eigenvalue weighted by molar-refractivity contribution is 6.14. The predicted octanol–water partition coefficient (Wildman–Crippen LogP) is 18.2. The van der Waals surface area contributed by atoms with Gasteiger partial charge in [-0.05, 0) is 113 Å². The van der Waals surface area contributed by atoms with Crippen LogP contribution in [0.25, 0.3) is 155 Å². The van der Waals surface area contributed by atoms with E-state index in [1.54, 1.807) is 0 Å². The van der Waals surface area contributed by atoms with Crippen molar-refractivity contribution in [2.24, 2.45) is 0 Å². The first-order valence-corrected chi connectivity index (χ1v) is 25.6. The highest BCUT2D eigenvalue weighted by atomic mass is 16.3. The van der Waals surface area contributed by atoms with E-state index in [0.717, 1.165) is 111 Å². The quantitative estimate of drug-likeness (QED) is 0.159. The molecule has 76 heavy (non-hydrogen) atoms. The van der Waals surface area contributed by atoms with Crippen molar-refractivity contribution >= 4 is 87.5 Å². The van der Waals surface area contributed by atoms with Crippen LogP contribution in [0.3, 0.4) is 0 Å². The molecule has 0 amide bonds. The van der Waals surface area contributed by atoms with E-state index >= 15 is 0 Å². The lowest BCUT2D eigenvalue weighted by Gasteiger charge is -2.12. The number of hydrogen-bond acceptors (Lipinski definition) is 5. The van der Waals surface area contributed by atoms with Gasteiger partial charge in [-0.2, -0.15) is 0 Å². The normalized spacial score (nSPS) is 11.9. The van der Waals surface area contributed by atoms with Crippen molar-refractivity contribution in [1.29, 1.82) is 0 Å². The molecular weight excluding hydrogens is 931 g/mol. The highest BCUT2D eigenvalue weighted by Gasteiger charge is 2.21. The van der Waals surface area contributed by atoms with E-state index in [0.29, 0.717) is 17.5 Å². The van der Waals surface area contributed by atoms with E-state index in [2.05, 4.69) is 228 Å². The standard InChI is InChI=1S/C69H41N5O2/c1-2-18-48(19-3-1)73-58-26-8-6-23-52(58)53-34-31-44(40-61(53)73)43-33-36-63-57(39-43)66-56(25-14-30-64(66)75-63)69-71-67(46-16-12-15-42(37-46)45-32-35-55-54-24-7-11-29-62(54)76-65(55)41-45)70-68(72-69)47-17-13-20-49(38-47)74-59-27-9-4-21-50(59)51-22-5-10-28-60(51)74/h1-41H. The summed E-state index contributed by atoms with van der Waals surface area (Å²) in [6, 6.07) is 87.4. The molecule has 16 aromatic rings. The van der Waals surface area contributed by atoms with E-state index in [4.69, 9.17) is 23.8 Å². The zero-order chi connectivity index (χ0) is 49.8. The summed E-state index contributed by atoms with van der Waals surface area (Å²) in [5.74, 6) is 1.66. The smallest absolute Gasteiger partial charge is 0.164 e. The molecule has 0 aliphatic rings. The molecule has 0 aliphatic heterocycles. The number of fused-ring (bicyclic) bond motifs is 12. The van der Waals surface area contributed by atoms with Crippen LogP contribution in [-0.2, 0) is 0 Å². The Kier molecular flexibility index (Phi) is 9.20. The fourth-order valence-electron chi connectivity index (χ4n) is 11.7. The molecule has 16 rings (SSSR count). The maximum Gasteiger partial charge on any atom is 0.164 e. The Hall–Kier alpha value is -10.4. The topological polar surface area (TPSA) is 74.8 Å². The maximum absolute atomic E-state index is 6.68. The number of para-hydroxylation sites is 5. The van der Waals surface area contributed by atoms with Crippen LogP contribution >= 0.6 is 0 Å². The fourth-order valence-corrected chi connectivity index (χ4v) is 11.7. The molecule has 0 N–H and O–H groups in total. The molecule has 0 unspecified atom stereocenters. The van der Waals surface area contributed by atoms with Crippen molar-refractivity contribution < 1.29 is 8.83 Å². The summed E-state index contributed by atoms with van der Waals surface area (Å²) >= 11 is 0. The zero-order valence-corrected chi connectivity index (χ0v) is 40.7. The molecule has 0 spiro atoms. The number of hydrogen-bond donors (Lipinski definition) is 0. The molecule has 0 saturated heterocycles. The van der Waals surface area contributed by atoms with Crippen molar-refractivity contribution in [3.05, 3.63) is 249 Å². The van der Waals surface area contributed by atoms with Crippen molar-refractivity contribution in [2.75, 3.05) is 0 Å². The van der Waals surface area contributed by atoms with Crippen LogP contribution in [0.5, 0.6) is 0 Å². The molecule has 11 aromatic carbocycles. The second-order valence-electron chi connectivity index (χ2n) is 19.5. The van der Waals surface area contributed by atoms with Gasteiger partial charge in [-0.15, -0.1) is 0 Å². The average Bonchev–Trinajstić information content (AvgIpc) is 4.25. The van der Waals surface area contributed by atoms with Crippen LogP contribution in [0.2, 0.25) is 0 Å². The third-order valence-corrected chi connectivity index (χ3v) is 15.2. The lowest BCUT2D eigenvalue weighted by molar-refractivity contribution is 0.668. The third kappa shape index (κ3) is 6.59. The summed E-state index contributed by atoms with van der Waals surface area (Å²) in [4.78, 5) is 16.1. The molecule has 5 aromatic heterocycles. The summed E-state index contributed by atoms with van der Waals surface area (Å²) in [6.45, 7) is 0. The minimum atomic E-state index is 0.545. The molecule has 5 heterocycles. The number of furan rings is 2. The Balaban J connectivity index is 0.876. The van der Waals surface area contributed by atoms with Crippen molar-refractivity contribution in [3.8, 4) is 67.8 Å². The van der Waals surface area contributed by atoms with Crippen LogP contribution in [0.1, 0.15) is 0 Å². The largest absolute Gasteiger partial charge is 0.456 e. The summed E-state index contributed by atoms with van der Waals surface area (Å²) in [5.41, 5.74) is 16.8. The summed E-state index contributed by atoms with van der Waals surface area (Å²) in [6.07, 6.45) is 0. The number of aromatic nitrogens is 5. The van der Waals surface area contributed by atoms with Crippen molar-refractivity contribution in [1.82, 2.24) is 24.1 Å². The highest BCUT2D eigenvalue weighted by Crippen LogP contribution is 2.42. The fraction of sp³-hybridized carbons (Fsp3) is 0. The van der Waals surface area contributed by atoms with Crippen molar-refractivity contribution in [3.63, 3.8) is 0 Å². The Morgan fingerprint density at radius 3 is 1.47 bits per heavy atom. The number of nitrogens with zero attached hydrogens (tertiary/aromatic N) is 5. The van der Waals surface area contributed by atoms with E-state index in [1.807, 2.05) is 30.3 Å². The lowest BCUT2D eigenvalue weighted by atomic mass is 9.99. The van der Waals surface area contributed by atoms with Gasteiger partial charge in [0.1, 0.15) is 22.3 Å². The monoisotopic (exact) mass is 971 g/mol. The van der Waals surface area contributed by atoms with Gasteiger partial charge in [-0.3, -0.25) is 0 Å². The molecule has 0 fully saturated rings. The van der Waals surface area contributed by atoms with Crippen LogP contribution in [-0.4, -0.2) is 24.1 Å². The van der Waals surface area contributed by atoms with Crippen LogP contribution < -0.4 is 0 Å². The van der Waals surface area contributed by atoms with Gasteiger partial charge in [-0.25, -0.2) is 15.0 Å². The molecule has 0 bridgehead atoms. The van der Waals surface area contributed by atoms with Crippen LogP contribution in [0.15, 0.2) is 258 Å². The Morgan fingerprint density at radius 1 is 0.250 bits per heavy atom. The first kappa shape index (κ1) is 42.2. The van der Waals surface area contributed by atoms with Gasteiger partial charge in [0.15, 0.2) is 17.5 Å². The van der Waals surface area contributed by atoms with E-state index < -0.39 is 0 Å². The first-order valence-electron chi connectivity index (χ1n) is 25.6.